The van der Waals surface area contributed by atoms with Gasteiger partial charge < -0.3 is 5.11 Å². The minimum Gasteiger partial charge on any atom is -0.392 e. The molecule has 0 amide bonds. The van der Waals surface area contributed by atoms with E-state index in [9.17, 15) is 5.11 Å². The van der Waals surface area contributed by atoms with Crippen LogP contribution >= 0.6 is 0 Å². The summed E-state index contributed by atoms with van der Waals surface area (Å²) in [6.45, 7) is 8.09. The van der Waals surface area contributed by atoms with E-state index < -0.39 is 0 Å². The fourth-order valence-electron chi connectivity index (χ4n) is 2.31. The molecule has 4 nitrogen and oxygen atoms in total. The van der Waals surface area contributed by atoms with E-state index in [-0.39, 0.29) is 6.10 Å². The number of aromatic nitrogens is 1. The van der Waals surface area contributed by atoms with E-state index in [0.29, 0.717) is 0 Å². The van der Waals surface area contributed by atoms with Crippen LogP contribution in [0, 0.1) is 0 Å². The SMILES string of the molecule is CCC(O)CN1CCN(Cc2cccnc2)CC1. The van der Waals surface area contributed by atoms with Gasteiger partial charge in [0.25, 0.3) is 0 Å². The van der Waals surface area contributed by atoms with Gasteiger partial charge >= 0.3 is 0 Å². The molecule has 18 heavy (non-hydrogen) atoms. The number of aliphatic hydroxyl groups excluding tert-OH is 1. The minimum atomic E-state index is -0.171. The van der Waals surface area contributed by atoms with Crippen LogP contribution in [0.3, 0.4) is 0 Å². The Morgan fingerprint density at radius 1 is 1.28 bits per heavy atom. The molecule has 2 rings (SSSR count). The first kappa shape index (κ1) is 13.5. The van der Waals surface area contributed by atoms with Crippen molar-refractivity contribution in [3.05, 3.63) is 30.1 Å². The fourth-order valence-corrected chi connectivity index (χ4v) is 2.31. The Kier molecular flexibility index (Phi) is 5.11. The van der Waals surface area contributed by atoms with Gasteiger partial charge in [-0.2, -0.15) is 0 Å². The third kappa shape index (κ3) is 4.05. The van der Waals surface area contributed by atoms with E-state index in [2.05, 4.69) is 20.9 Å². The summed E-state index contributed by atoms with van der Waals surface area (Å²) in [5, 5.41) is 9.65. The summed E-state index contributed by atoms with van der Waals surface area (Å²) in [5.41, 5.74) is 1.28. The molecular formula is C14H23N3O. The molecule has 1 N–H and O–H groups in total. The van der Waals surface area contributed by atoms with E-state index in [0.717, 1.165) is 45.7 Å². The van der Waals surface area contributed by atoms with Gasteiger partial charge in [-0.25, -0.2) is 0 Å². The third-order valence-corrected chi connectivity index (χ3v) is 3.53. The van der Waals surface area contributed by atoms with Crippen LogP contribution < -0.4 is 0 Å². The Morgan fingerprint density at radius 2 is 2.00 bits per heavy atom. The number of piperazine rings is 1. The van der Waals surface area contributed by atoms with Gasteiger partial charge in [-0.15, -0.1) is 0 Å². The summed E-state index contributed by atoms with van der Waals surface area (Å²) in [7, 11) is 0. The maximum atomic E-state index is 9.65. The summed E-state index contributed by atoms with van der Waals surface area (Å²) in [4.78, 5) is 8.95. The molecule has 0 radical (unpaired) electrons. The van der Waals surface area contributed by atoms with Gasteiger partial charge in [0.2, 0.25) is 0 Å². The molecule has 2 heterocycles. The standard InChI is InChI=1S/C14H23N3O/c1-2-14(18)12-17-8-6-16(7-9-17)11-13-4-3-5-15-10-13/h3-5,10,14,18H,2,6-9,11-12H2,1H3. The van der Waals surface area contributed by atoms with E-state index in [1.165, 1.54) is 5.56 Å². The topological polar surface area (TPSA) is 39.6 Å². The van der Waals surface area contributed by atoms with Crippen LogP contribution in [0.1, 0.15) is 18.9 Å². The summed E-state index contributed by atoms with van der Waals surface area (Å²) in [5.74, 6) is 0. The smallest absolute Gasteiger partial charge is 0.0664 e. The lowest BCUT2D eigenvalue weighted by Gasteiger charge is -2.35. The molecule has 0 saturated carbocycles. The second kappa shape index (κ2) is 6.83. The molecule has 1 fully saturated rings. The van der Waals surface area contributed by atoms with Gasteiger partial charge in [-0.3, -0.25) is 14.8 Å². The van der Waals surface area contributed by atoms with Crippen LogP contribution in [-0.4, -0.2) is 58.7 Å². The molecule has 1 aliphatic rings. The third-order valence-electron chi connectivity index (χ3n) is 3.53. The van der Waals surface area contributed by atoms with E-state index in [4.69, 9.17) is 0 Å². The average molecular weight is 249 g/mol. The number of pyridine rings is 1. The lowest BCUT2D eigenvalue weighted by molar-refractivity contribution is 0.0686. The second-order valence-electron chi connectivity index (χ2n) is 5.00. The van der Waals surface area contributed by atoms with E-state index in [1.807, 2.05) is 25.4 Å². The highest BCUT2D eigenvalue weighted by atomic mass is 16.3. The minimum absolute atomic E-state index is 0.171. The molecule has 100 valence electrons. The van der Waals surface area contributed by atoms with Crippen LogP contribution in [0.4, 0.5) is 0 Å². The Labute approximate surface area is 109 Å². The maximum absolute atomic E-state index is 9.65. The van der Waals surface area contributed by atoms with Gasteiger partial charge in [-0.05, 0) is 18.1 Å². The van der Waals surface area contributed by atoms with Crippen molar-refractivity contribution >= 4 is 0 Å². The van der Waals surface area contributed by atoms with Crippen molar-refractivity contribution in [3.8, 4) is 0 Å². The average Bonchev–Trinajstić information content (AvgIpc) is 2.42. The van der Waals surface area contributed by atoms with Gasteiger partial charge in [0, 0.05) is 51.7 Å². The van der Waals surface area contributed by atoms with Gasteiger partial charge in [0.15, 0.2) is 0 Å². The number of rotatable bonds is 5. The summed E-state index contributed by atoms with van der Waals surface area (Å²) in [6, 6.07) is 4.11. The molecule has 1 atom stereocenters. The van der Waals surface area contributed by atoms with Crippen molar-refractivity contribution < 1.29 is 5.11 Å². The molecule has 1 aromatic heterocycles. The molecule has 0 aromatic carbocycles. The van der Waals surface area contributed by atoms with E-state index in [1.54, 1.807) is 0 Å². The Hall–Kier alpha value is -0.970. The number of aliphatic hydroxyl groups is 1. The van der Waals surface area contributed by atoms with Crippen LogP contribution in [0.15, 0.2) is 24.5 Å². The Bertz CT molecular complexity index is 336. The summed E-state index contributed by atoms with van der Waals surface area (Å²) in [6.07, 6.45) is 4.42. The molecule has 0 bridgehead atoms. The highest BCUT2D eigenvalue weighted by Gasteiger charge is 2.18. The monoisotopic (exact) mass is 249 g/mol. The van der Waals surface area contributed by atoms with Gasteiger partial charge in [0.05, 0.1) is 6.10 Å². The highest BCUT2D eigenvalue weighted by Crippen LogP contribution is 2.08. The molecule has 1 unspecified atom stereocenters. The largest absolute Gasteiger partial charge is 0.392 e. The Balaban J connectivity index is 1.73. The van der Waals surface area contributed by atoms with Crippen LogP contribution in [0.5, 0.6) is 0 Å². The molecule has 1 aliphatic heterocycles. The molecule has 4 heteroatoms. The van der Waals surface area contributed by atoms with Crippen LogP contribution in [-0.2, 0) is 6.54 Å². The number of hydrogen-bond donors (Lipinski definition) is 1. The molecule has 0 spiro atoms. The van der Waals surface area contributed by atoms with E-state index >= 15 is 0 Å². The van der Waals surface area contributed by atoms with Crippen LogP contribution in [0.2, 0.25) is 0 Å². The van der Waals surface area contributed by atoms with Crippen molar-refractivity contribution in [2.45, 2.75) is 26.0 Å². The predicted molar refractivity (Wildman–Crippen MR) is 72.3 cm³/mol. The zero-order valence-electron chi connectivity index (χ0n) is 11.1. The van der Waals surface area contributed by atoms with Crippen molar-refractivity contribution in [1.82, 2.24) is 14.8 Å². The first-order chi connectivity index (χ1) is 8.78. The maximum Gasteiger partial charge on any atom is 0.0664 e. The van der Waals surface area contributed by atoms with Gasteiger partial charge in [0.1, 0.15) is 0 Å². The lowest BCUT2D eigenvalue weighted by atomic mass is 10.2. The Morgan fingerprint density at radius 3 is 2.61 bits per heavy atom. The fraction of sp³-hybridized carbons (Fsp3) is 0.643. The second-order valence-corrected chi connectivity index (χ2v) is 5.00. The quantitative estimate of drug-likeness (QED) is 0.844. The number of β-amino-alcohol motifs (C(OH)–C–C–N with tert-alkyl or cyclic N) is 1. The first-order valence-electron chi connectivity index (χ1n) is 6.79. The summed E-state index contributed by atoms with van der Waals surface area (Å²) < 4.78 is 0. The van der Waals surface area contributed by atoms with Gasteiger partial charge in [-0.1, -0.05) is 13.0 Å². The highest BCUT2D eigenvalue weighted by molar-refractivity contribution is 5.08. The van der Waals surface area contributed by atoms with Crippen molar-refractivity contribution in [3.63, 3.8) is 0 Å². The molecule has 1 aromatic rings. The van der Waals surface area contributed by atoms with Crippen molar-refractivity contribution in [1.29, 1.82) is 0 Å². The first-order valence-corrected chi connectivity index (χ1v) is 6.79. The number of hydrogen-bond acceptors (Lipinski definition) is 4. The molecule has 1 saturated heterocycles. The molecule has 0 aliphatic carbocycles. The lowest BCUT2D eigenvalue weighted by Crippen LogP contribution is -2.48. The number of nitrogens with zero attached hydrogens (tertiary/aromatic N) is 3. The zero-order valence-corrected chi connectivity index (χ0v) is 11.1. The van der Waals surface area contributed by atoms with Crippen LogP contribution in [0.25, 0.3) is 0 Å². The normalized spacial score (nSPS) is 19.9. The van der Waals surface area contributed by atoms with Crippen molar-refractivity contribution in [2.75, 3.05) is 32.7 Å². The van der Waals surface area contributed by atoms with Crippen molar-refractivity contribution in [2.24, 2.45) is 0 Å². The summed E-state index contributed by atoms with van der Waals surface area (Å²) >= 11 is 0. The molecular weight excluding hydrogens is 226 g/mol. The zero-order chi connectivity index (χ0) is 12.8. The predicted octanol–water partition coefficient (Wildman–Crippen LogP) is 0.970.